The first-order valence-electron chi connectivity index (χ1n) is 13.4. The van der Waals surface area contributed by atoms with E-state index in [1.54, 1.807) is 12.5 Å². The van der Waals surface area contributed by atoms with Crippen molar-refractivity contribution in [1.82, 2.24) is 0 Å². The molecule has 0 N–H and O–H groups in total. The Morgan fingerprint density at radius 3 is 2.65 bits per heavy atom. The Labute approximate surface area is 190 Å². The van der Waals surface area contributed by atoms with Crippen molar-refractivity contribution in [2.24, 2.45) is 34.5 Å². The van der Waals surface area contributed by atoms with Gasteiger partial charge in [0.05, 0.1) is 0 Å². The average molecular weight is 425 g/mol. The van der Waals surface area contributed by atoms with Crippen molar-refractivity contribution in [3.05, 3.63) is 22.8 Å². The molecule has 5 rings (SSSR count). The molecule has 5 aliphatic carbocycles. The normalized spacial score (nSPS) is 42.4. The number of carbonyl (C=O) groups excluding carboxylic acids is 1. The molecule has 1 unspecified atom stereocenters. The lowest BCUT2D eigenvalue weighted by Gasteiger charge is -2.55. The van der Waals surface area contributed by atoms with Gasteiger partial charge in [-0.3, -0.25) is 4.79 Å². The summed E-state index contributed by atoms with van der Waals surface area (Å²) in [5.74, 6) is 3.22. The lowest BCUT2D eigenvalue weighted by atomic mass is 9.50. The van der Waals surface area contributed by atoms with Gasteiger partial charge in [-0.25, -0.2) is 0 Å². The quantitative estimate of drug-likeness (QED) is 0.333. The SMILES string of the molecule is CC(=O)O[C@H]1CC[C@]2(C)C3=C(CCC2C1)[C@@H]1CC[C@H]([C@H](C)CCC=C2CC2)[C@@]1(C)CC3. The molecule has 0 bridgehead atoms. The zero-order valence-corrected chi connectivity index (χ0v) is 20.5. The molecule has 0 spiro atoms. The Bertz CT molecular complexity index is 785. The summed E-state index contributed by atoms with van der Waals surface area (Å²) >= 11 is 0. The molecule has 0 aromatic carbocycles. The molecule has 0 aliphatic heterocycles. The van der Waals surface area contributed by atoms with Gasteiger partial charge in [0.1, 0.15) is 6.10 Å². The summed E-state index contributed by atoms with van der Waals surface area (Å²) in [4.78, 5) is 11.5. The summed E-state index contributed by atoms with van der Waals surface area (Å²) in [6, 6.07) is 0. The highest BCUT2D eigenvalue weighted by Gasteiger charge is 2.56. The zero-order chi connectivity index (χ0) is 21.8. The molecule has 5 aliphatic rings. The lowest BCUT2D eigenvalue weighted by molar-refractivity contribution is -0.150. The predicted octanol–water partition coefficient (Wildman–Crippen LogP) is 7.78. The number of hydrogen-bond donors (Lipinski definition) is 0. The molecular formula is C29H44O2. The Hall–Kier alpha value is -1.05. The summed E-state index contributed by atoms with van der Waals surface area (Å²) in [6.45, 7) is 9.36. The number of esters is 1. The maximum absolute atomic E-state index is 11.5. The van der Waals surface area contributed by atoms with Crippen LogP contribution in [0.2, 0.25) is 0 Å². The predicted molar refractivity (Wildman–Crippen MR) is 127 cm³/mol. The van der Waals surface area contributed by atoms with Crippen molar-refractivity contribution in [2.75, 3.05) is 0 Å². The smallest absolute Gasteiger partial charge is 0.302 e. The highest BCUT2D eigenvalue weighted by atomic mass is 16.5. The van der Waals surface area contributed by atoms with Crippen molar-refractivity contribution in [3.63, 3.8) is 0 Å². The van der Waals surface area contributed by atoms with Gasteiger partial charge in [0.2, 0.25) is 0 Å². The van der Waals surface area contributed by atoms with E-state index in [0.717, 1.165) is 30.6 Å². The van der Waals surface area contributed by atoms with E-state index in [9.17, 15) is 4.79 Å². The lowest BCUT2D eigenvalue weighted by Crippen LogP contribution is -2.46. The van der Waals surface area contributed by atoms with Gasteiger partial charge in [0.25, 0.3) is 0 Å². The molecule has 0 aromatic rings. The van der Waals surface area contributed by atoms with Crippen LogP contribution in [0, 0.1) is 34.5 Å². The molecule has 2 heteroatoms. The van der Waals surface area contributed by atoms with Crippen molar-refractivity contribution in [1.29, 1.82) is 0 Å². The zero-order valence-electron chi connectivity index (χ0n) is 20.5. The average Bonchev–Trinajstić information content (AvgIpc) is 3.47. The molecule has 7 atom stereocenters. The Morgan fingerprint density at radius 2 is 1.90 bits per heavy atom. The largest absolute Gasteiger partial charge is 0.463 e. The van der Waals surface area contributed by atoms with E-state index in [2.05, 4.69) is 26.8 Å². The Morgan fingerprint density at radius 1 is 1.10 bits per heavy atom. The first-order valence-corrected chi connectivity index (χ1v) is 13.4. The second-order valence-electron chi connectivity index (χ2n) is 12.3. The van der Waals surface area contributed by atoms with Gasteiger partial charge >= 0.3 is 5.97 Å². The van der Waals surface area contributed by atoms with Crippen molar-refractivity contribution >= 4 is 5.97 Å². The van der Waals surface area contributed by atoms with Crippen LogP contribution in [0.1, 0.15) is 111 Å². The number of ether oxygens (including phenoxy) is 1. The van der Waals surface area contributed by atoms with E-state index in [-0.39, 0.29) is 12.1 Å². The fourth-order valence-corrected chi connectivity index (χ4v) is 8.77. The first kappa shape index (κ1) is 21.8. The molecule has 0 heterocycles. The number of allylic oxidation sites excluding steroid dienone is 4. The van der Waals surface area contributed by atoms with Crippen LogP contribution in [0.15, 0.2) is 22.8 Å². The van der Waals surface area contributed by atoms with Gasteiger partial charge in [-0.15, -0.1) is 0 Å². The summed E-state index contributed by atoms with van der Waals surface area (Å²) in [6.07, 6.45) is 19.8. The third kappa shape index (κ3) is 3.84. The van der Waals surface area contributed by atoms with Crippen LogP contribution in [0.5, 0.6) is 0 Å². The summed E-state index contributed by atoms with van der Waals surface area (Å²) in [5.41, 5.74) is 6.37. The molecule has 0 amide bonds. The van der Waals surface area contributed by atoms with E-state index < -0.39 is 0 Å². The van der Waals surface area contributed by atoms with E-state index >= 15 is 0 Å². The number of carbonyl (C=O) groups is 1. The second-order valence-corrected chi connectivity index (χ2v) is 12.3. The molecule has 0 radical (unpaired) electrons. The standard InChI is InChI=1S/C29H44O2/c1-19(6-5-7-21-8-9-21)25-12-13-26-24-11-10-22-18-23(31-20(2)30)14-16-28(22,3)27(24)15-17-29(25,26)4/h7,19,22-23,25-26H,5-6,8-18H2,1-4H3/t19-,22?,23+,25-,26+,28+,29-/m1/s1. The van der Waals surface area contributed by atoms with Crippen molar-refractivity contribution in [3.8, 4) is 0 Å². The maximum Gasteiger partial charge on any atom is 0.302 e. The fraction of sp³-hybridized carbons (Fsp3) is 0.828. The minimum absolute atomic E-state index is 0.0998. The van der Waals surface area contributed by atoms with Crippen LogP contribution in [0.3, 0.4) is 0 Å². The molecule has 0 aromatic heterocycles. The van der Waals surface area contributed by atoms with E-state index in [4.69, 9.17) is 4.74 Å². The number of fused-ring (bicyclic) bond motifs is 4. The van der Waals surface area contributed by atoms with Crippen molar-refractivity contribution < 1.29 is 9.53 Å². The Balaban J connectivity index is 1.32. The van der Waals surface area contributed by atoms with Crippen LogP contribution < -0.4 is 0 Å². The minimum atomic E-state index is -0.0998. The molecule has 31 heavy (non-hydrogen) atoms. The molecule has 0 saturated heterocycles. The highest BCUT2D eigenvalue weighted by Crippen LogP contribution is 2.66. The highest BCUT2D eigenvalue weighted by molar-refractivity contribution is 5.66. The topological polar surface area (TPSA) is 26.3 Å². The van der Waals surface area contributed by atoms with Crippen LogP contribution in [0.4, 0.5) is 0 Å². The van der Waals surface area contributed by atoms with Gasteiger partial charge in [0, 0.05) is 6.92 Å². The fourth-order valence-electron chi connectivity index (χ4n) is 8.77. The first-order chi connectivity index (χ1) is 14.8. The van der Waals surface area contributed by atoms with Gasteiger partial charge in [-0.1, -0.05) is 43.6 Å². The Kier molecular flexibility index (Phi) is 5.67. The van der Waals surface area contributed by atoms with Crippen LogP contribution >= 0.6 is 0 Å². The summed E-state index contributed by atoms with van der Waals surface area (Å²) < 4.78 is 5.64. The van der Waals surface area contributed by atoms with Crippen LogP contribution in [-0.2, 0) is 9.53 Å². The second kappa shape index (κ2) is 8.07. The van der Waals surface area contributed by atoms with Crippen molar-refractivity contribution in [2.45, 2.75) is 117 Å². The molecular weight excluding hydrogens is 380 g/mol. The third-order valence-corrected chi connectivity index (χ3v) is 10.6. The molecule has 3 fully saturated rings. The van der Waals surface area contributed by atoms with Gasteiger partial charge in [-0.2, -0.15) is 0 Å². The molecule has 2 nitrogen and oxygen atoms in total. The van der Waals surface area contributed by atoms with E-state index in [1.165, 1.54) is 70.6 Å². The van der Waals surface area contributed by atoms with E-state index in [1.807, 2.05) is 11.1 Å². The van der Waals surface area contributed by atoms with E-state index in [0.29, 0.717) is 16.7 Å². The summed E-state index contributed by atoms with van der Waals surface area (Å²) in [5, 5.41) is 0. The van der Waals surface area contributed by atoms with Crippen LogP contribution in [-0.4, -0.2) is 12.1 Å². The third-order valence-electron chi connectivity index (χ3n) is 10.6. The van der Waals surface area contributed by atoms with Gasteiger partial charge in [-0.05, 0) is 118 Å². The number of hydrogen-bond acceptors (Lipinski definition) is 2. The van der Waals surface area contributed by atoms with Crippen LogP contribution in [0.25, 0.3) is 0 Å². The van der Waals surface area contributed by atoms with Gasteiger partial charge in [0.15, 0.2) is 0 Å². The molecule has 172 valence electrons. The monoisotopic (exact) mass is 424 g/mol. The number of rotatable bonds is 5. The molecule has 3 saturated carbocycles. The minimum Gasteiger partial charge on any atom is -0.463 e. The summed E-state index contributed by atoms with van der Waals surface area (Å²) in [7, 11) is 0. The maximum atomic E-state index is 11.5. The van der Waals surface area contributed by atoms with Gasteiger partial charge < -0.3 is 4.74 Å².